The molecule has 5 heteroatoms. The van der Waals surface area contributed by atoms with Crippen LogP contribution in [0.3, 0.4) is 0 Å². The summed E-state index contributed by atoms with van der Waals surface area (Å²) in [7, 11) is 1.93. The van der Waals surface area contributed by atoms with Crippen molar-refractivity contribution in [1.29, 1.82) is 0 Å². The fraction of sp³-hybridized carbons (Fsp3) is 0.571. The first-order valence-electron chi connectivity index (χ1n) is 6.93. The first kappa shape index (κ1) is 13.6. The molecule has 0 aliphatic rings. The SMILES string of the molecule is CCCCn1c(CC)nc(-c2cnn(C)c2C)c1N. The molecule has 0 aliphatic heterocycles. The Morgan fingerprint density at radius 1 is 1.32 bits per heavy atom. The van der Waals surface area contributed by atoms with Crippen LogP contribution in [0.5, 0.6) is 0 Å². The lowest BCUT2D eigenvalue weighted by atomic mass is 10.2. The number of hydrogen-bond acceptors (Lipinski definition) is 3. The summed E-state index contributed by atoms with van der Waals surface area (Å²) in [6.07, 6.45) is 5.02. The Hall–Kier alpha value is -1.78. The molecule has 0 unspecified atom stereocenters. The Balaban J connectivity index is 2.47. The van der Waals surface area contributed by atoms with Gasteiger partial charge < -0.3 is 10.3 Å². The molecular formula is C14H23N5. The van der Waals surface area contributed by atoms with Crippen molar-refractivity contribution in [3.8, 4) is 11.3 Å². The number of unbranched alkanes of at least 4 members (excludes halogenated alkanes) is 1. The van der Waals surface area contributed by atoms with Gasteiger partial charge in [0.15, 0.2) is 0 Å². The van der Waals surface area contributed by atoms with Gasteiger partial charge in [0.25, 0.3) is 0 Å². The minimum absolute atomic E-state index is 0.765. The van der Waals surface area contributed by atoms with E-state index in [2.05, 4.69) is 23.5 Å². The highest BCUT2D eigenvalue weighted by molar-refractivity contribution is 5.72. The Kier molecular flexibility index (Phi) is 3.93. The molecule has 104 valence electrons. The van der Waals surface area contributed by atoms with Crippen LogP contribution in [0.2, 0.25) is 0 Å². The van der Waals surface area contributed by atoms with E-state index in [4.69, 9.17) is 10.7 Å². The summed E-state index contributed by atoms with van der Waals surface area (Å²) in [5.41, 5.74) is 9.29. The highest BCUT2D eigenvalue weighted by Crippen LogP contribution is 2.29. The van der Waals surface area contributed by atoms with Gasteiger partial charge in [0, 0.05) is 31.3 Å². The van der Waals surface area contributed by atoms with Crippen molar-refractivity contribution in [3.63, 3.8) is 0 Å². The first-order valence-corrected chi connectivity index (χ1v) is 6.93. The Morgan fingerprint density at radius 3 is 2.58 bits per heavy atom. The largest absolute Gasteiger partial charge is 0.383 e. The second-order valence-corrected chi connectivity index (χ2v) is 4.89. The number of nitrogens with zero attached hydrogens (tertiary/aromatic N) is 4. The molecule has 0 saturated heterocycles. The van der Waals surface area contributed by atoms with Gasteiger partial charge in [0.05, 0.1) is 6.20 Å². The van der Waals surface area contributed by atoms with E-state index in [1.807, 2.05) is 24.9 Å². The average molecular weight is 261 g/mol. The van der Waals surface area contributed by atoms with Crippen LogP contribution in [0.15, 0.2) is 6.20 Å². The third kappa shape index (κ3) is 2.37. The van der Waals surface area contributed by atoms with Gasteiger partial charge in [-0.3, -0.25) is 4.68 Å². The van der Waals surface area contributed by atoms with Crippen molar-refractivity contribution in [2.24, 2.45) is 7.05 Å². The molecule has 2 rings (SSSR count). The van der Waals surface area contributed by atoms with Gasteiger partial charge in [-0.15, -0.1) is 0 Å². The van der Waals surface area contributed by atoms with Crippen molar-refractivity contribution >= 4 is 5.82 Å². The lowest BCUT2D eigenvalue weighted by Crippen LogP contribution is -2.06. The van der Waals surface area contributed by atoms with Crippen molar-refractivity contribution < 1.29 is 0 Å². The summed E-state index contributed by atoms with van der Waals surface area (Å²) in [6, 6.07) is 0. The molecule has 5 nitrogen and oxygen atoms in total. The van der Waals surface area contributed by atoms with Crippen molar-refractivity contribution in [3.05, 3.63) is 17.7 Å². The Morgan fingerprint density at radius 2 is 2.05 bits per heavy atom. The number of aryl methyl sites for hydroxylation is 2. The Bertz CT molecular complexity index is 565. The molecule has 2 aromatic heterocycles. The second kappa shape index (κ2) is 5.47. The van der Waals surface area contributed by atoms with Gasteiger partial charge in [-0.2, -0.15) is 5.10 Å². The standard InChI is InChI=1S/C14H23N5/c1-5-7-8-19-12(6-2)17-13(14(19)15)11-9-16-18(4)10(11)3/h9H,5-8,15H2,1-4H3. The normalized spacial score (nSPS) is 11.2. The van der Waals surface area contributed by atoms with E-state index in [0.717, 1.165) is 54.4 Å². The van der Waals surface area contributed by atoms with Crippen LogP contribution in [-0.2, 0) is 20.0 Å². The second-order valence-electron chi connectivity index (χ2n) is 4.89. The molecule has 0 aliphatic carbocycles. The molecule has 0 bridgehead atoms. The average Bonchev–Trinajstić information content (AvgIpc) is 2.89. The minimum Gasteiger partial charge on any atom is -0.383 e. The minimum atomic E-state index is 0.765. The number of nitrogen functional groups attached to an aromatic ring is 1. The quantitative estimate of drug-likeness (QED) is 0.899. The van der Waals surface area contributed by atoms with Gasteiger partial charge in [-0.1, -0.05) is 20.3 Å². The van der Waals surface area contributed by atoms with Crippen molar-refractivity contribution in [2.75, 3.05) is 5.73 Å². The predicted octanol–water partition coefficient (Wildman–Crippen LogP) is 2.54. The lowest BCUT2D eigenvalue weighted by Gasteiger charge is -2.07. The lowest BCUT2D eigenvalue weighted by molar-refractivity contribution is 0.612. The zero-order valence-electron chi connectivity index (χ0n) is 12.3. The van der Waals surface area contributed by atoms with E-state index in [1.165, 1.54) is 0 Å². The van der Waals surface area contributed by atoms with E-state index < -0.39 is 0 Å². The molecule has 0 aromatic carbocycles. The summed E-state index contributed by atoms with van der Waals surface area (Å²) < 4.78 is 4.00. The molecule has 0 saturated carbocycles. The summed E-state index contributed by atoms with van der Waals surface area (Å²) in [6.45, 7) is 7.28. The molecule has 0 radical (unpaired) electrons. The molecule has 0 fully saturated rings. The van der Waals surface area contributed by atoms with E-state index >= 15 is 0 Å². The summed E-state index contributed by atoms with van der Waals surface area (Å²) in [4.78, 5) is 4.71. The van der Waals surface area contributed by atoms with Gasteiger partial charge >= 0.3 is 0 Å². The van der Waals surface area contributed by atoms with E-state index in [1.54, 1.807) is 0 Å². The fourth-order valence-corrected chi connectivity index (χ4v) is 2.28. The number of imidazole rings is 1. The van der Waals surface area contributed by atoms with Crippen molar-refractivity contribution in [1.82, 2.24) is 19.3 Å². The maximum Gasteiger partial charge on any atom is 0.131 e. The highest BCUT2D eigenvalue weighted by Gasteiger charge is 2.18. The van der Waals surface area contributed by atoms with E-state index in [9.17, 15) is 0 Å². The molecule has 0 atom stereocenters. The van der Waals surface area contributed by atoms with Crippen LogP contribution >= 0.6 is 0 Å². The third-order valence-electron chi connectivity index (χ3n) is 3.63. The maximum absolute atomic E-state index is 6.29. The van der Waals surface area contributed by atoms with Gasteiger partial charge in [-0.25, -0.2) is 4.98 Å². The third-order valence-corrected chi connectivity index (χ3v) is 3.63. The van der Waals surface area contributed by atoms with Crippen LogP contribution in [-0.4, -0.2) is 19.3 Å². The highest BCUT2D eigenvalue weighted by atomic mass is 15.3. The van der Waals surface area contributed by atoms with Gasteiger partial charge in [-0.05, 0) is 13.3 Å². The van der Waals surface area contributed by atoms with Crippen molar-refractivity contribution in [2.45, 2.75) is 46.6 Å². The van der Waals surface area contributed by atoms with Crippen LogP contribution in [0, 0.1) is 6.92 Å². The monoisotopic (exact) mass is 261 g/mol. The summed E-state index contributed by atoms with van der Waals surface area (Å²) in [5.74, 6) is 1.82. The zero-order chi connectivity index (χ0) is 14.0. The number of hydrogen-bond donors (Lipinski definition) is 1. The number of rotatable bonds is 5. The summed E-state index contributed by atoms with van der Waals surface area (Å²) in [5, 5.41) is 4.27. The van der Waals surface area contributed by atoms with Crippen LogP contribution in [0.4, 0.5) is 5.82 Å². The predicted molar refractivity (Wildman–Crippen MR) is 77.9 cm³/mol. The van der Waals surface area contributed by atoms with Crippen LogP contribution in [0.1, 0.15) is 38.2 Å². The summed E-state index contributed by atoms with van der Waals surface area (Å²) >= 11 is 0. The van der Waals surface area contributed by atoms with Gasteiger partial charge in [0.1, 0.15) is 17.3 Å². The molecule has 0 spiro atoms. The topological polar surface area (TPSA) is 61.7 Å². The zero-order valence-corrected chi connectivity index (χ0v) is 12.3. The maximum atomic E-state index is 6.29. The molecular weight excluding hydrogens is 238 g/mol. The number of aromatic nitrogens is 4. The smallest absolute Gasteiger partial charge is 0.131 e. The van der Waals surface area contributed by atoms with Crippen LogP contribution in [0.25, 0.3) is 11.3 Å². The molecule has 19 heavy (non-hydrogen) atoms. The van der Waals surface area contributed by atoms with Gasteiger partial charge in [0.2, 0.25) is 0 Å². The Labute approximate surface area is 114 Å². The van der Waals surface area contributed by atoms with E-state index in [-0.39, 0.29) is 0 Å². The van der Waals surface area contributed by atoms with E-state index in [0.29, 0.717) is 0 Å². The number of nitrogens with two attached hydrogens (primary N) is 1. The molecule has 2 N–H and O–H groups in total. The van der Waals surface area contributed by atoms with Crippen LogP contribution < -0.4 is 5.73 Å². The molecule has 2 heterocycles. The fourth-order valence-electron chi connectivity index (χ4n) is 2.28. The first-order chi connectivity index (χ1) is 9.10. The number of anilines is 1. The molecule has 2 aromatic rings. The molecule has 0 amide bonds.